The third kappa shape index (κ3) is 2.32. The van der Waals surface area contributed by atoms with Crippen molar-refractivity contribution in [3.63, 3.8) is 0 Å². The Hall–Kier alpha value is -1.17. The van der Waals surface area contributed by atoms with Gasteiger partial charge in [0.15, 0.2) is 0 Å². The SMILES string of the molecule is CNc1nnc(C(=O)N2CCCC(C)C2)s1. The van der Waals surface area contributed by atoms with Crippen molar-refractivity contribution >= 4 is 22.4 Å². The lowest BCUT2D eigenvalue weighted by Crippen LogP contribution is -2.39. The Morgan fingerprint density at radius 3 is 3.00 bits per heavy atom. The molecule has 0 aliphatic carbocycles. The number of aromatic nitrogens is 2. The highest BCUT2D eigenvalue weighted by Crippen LogP contribution is 2.20. The number of piperidine rings is 1. The Morgan fingerprint density at radius 2 is 2.38 bits per heavy atom. The monoisotopic (exact) mass is 240 g/mol. The smallest absolute Gasteiger partial charge is 0.284 e. The molecule has 1 amide bonds. The van der Waals surface area contributed by atoms with Crippen LogP contribution in [-0.4, -0.2) is 41.1 Å². The maximum atomic E-state index is 12.1. The average Bonchev–Trinajstić information content (AvgIpc) is 2.76. The summed E-state index contributed by atoms with van der Waals surface area (Å²) in [7, 11) is 1.78. The minimum absolute atomic E-state index is 0.0190. The second-order valence-electron chi connectivity index (χ2n) is 4.16. The fraction of sp³-hybridized carbons (Fsp3) is 0.700. The van der Waals surface area contributed by atoms with Crippen LogP contribution in [0.3, 0.4) is 0 Å². The van der Waals surface area contributed by atoms with Crippen LogP contribution < -0.4 is 5.32 Å². The molecule has 16 heavy (non-hydrogen) atoms. The Labute approximate surface area is 98.9 Å². The summed E-state index contributed by atoms with van der Waals surface area (Å²) in [6, 6.07) is 0. The number of likely N-dealkylation sites (tertiary alicyclic amines) is 1. The van der Waals surface area contributed by atoms with E-state index >= 15 is 0 Å². The molecule has 0 aromatic carbocycles. The molecule has 1 atom stereocenters. The van der Waals surface area contributed by atoms with Gasteiger partial charge in [0.1, 0.15) is 0 Å². The van der Waals surface area contributed by atoms with Gasteiger partial charge < -0.3 is 10.2 Å². The summed E-state index contributed by atoms with van der Waals surface area (Å²) in [6.07, 6.45) is 2.30. The molecule has 6 heteroatoms. The number of hydrogen-bond acceptors (Lipinski definition) is 5. The number of nitrogens with one attached hydrogen (secondary N) is 1. The van der Waals surface area contributed by atoms with E-state index in [0.29, 0.717) is 16.1 Å². The molecule has 0 radical (unpaired) electrons. The summed E-state index contributed by atoms with van der Waals surface area (Å²) in [5.41, 5.74) is 0. The first-order valence-corrected chi connectivity index (χ1v) is 6.33. The molecule has 1 aromatic rings. The third-order valence-electron chi connectivity index (χ3n) is 2.77. The van der Waals surface area contributed by atoms with Crippen molar-refractivity contribution in [2.24, 2.45) is 5.92 Å². The van der Waals surface area contributed by atoms with Gasteiger partial charge >= 0.3 is 0 Å². The van der Waals surface area contributed by atoms with E-state index in [-0.39, 0.29) is 5.91 Å². The molecule has 2 rings (SSSR count). The minimum atomic E-state index is 0.0190. The fourth-order valence-corrected chi connectivity index (χ4v) is 2.58. The molecule has 5 nitrogen and oxygen atoms in total. The zero-order valence-corrected chi connectivity index (χ0v) is 10.4. The van der Waals surface area contributed by atoms with Crippen molar-refractivity contribution in [1.29, 1.82) is 0 Å². The van der Waals surface area contributed by atoms with Crippen molar-refractivity contribution in [2.45, 2.75) is 19.8 Å². The Kier molecular flexibility index (Phi) is 3.38. The van der Waals surface area contributed by atoms with E-state index in [0.717, 1.165) is 19.5 Å². The predicted octanol–water partition coefficient (Wildman–Crippen LogP) is 1.45. The Bertz CT molecular complexity index is 379. The van der Waals surface area contributed by atoms with Gasteiger partial charge in [0.25, 0.3) is 5.91 Å². The Morgan fingerprint density at radius 1 is 1.56 bits per heavy atom. The van der Waals surface area contributed by atoms with Crippen LogP contribution in [0.25, 0.3) is 0 Å². The van der Waals surface area contributed by atoms with E-state index in [9.17, 15) is 4.79 Å². The van der Waals surface area contributed by atoms with E-state index in [4.69, 9.17) is 0 Å². The predicted molar refractivity (Wildman–Crippen MR) is 63.8 cm³/mol. The summed E-state index contributed by atoms with van der Waals surface area (Å²) in [4.78, 5) is 14.0. The highest BCUT2D eigenvalue weighted by Gasteiger charge is 2.24. The molecule has 1 N–H and O–H groups in total. The molecule has 1 saturated heterocycles. The van der Waals surface area contributed by atoms with Crippen LogP contribution in [0.15, 0.2) is 0 Å². The molecule has 1 unspecified atom stereocenters. The van der Waals surface area contributed by atoms with Crippen LogP contribution in [0.2, 0.25) is 0 Å². The summed E-state index contributed by atoms with van der Waals surface area (Å²) < 4.78 is 0. The summed E-state index contributed by atoms with van der Waals surface area (Å²) >= 11 is 1.31. The van der Waals surface area contributed by atoms with E-state index in [2.05, 4.69) is 22.4 Å². The number of amides is 1. The first kappa shape index (κ1) is 11.3. The molecule has 1 aromatic heterocycles. The van der Waals surface area contributed by atoms with Crippen LogP contribution in [0.5, 0.6) is 0 Å². The van der Waals surface area contributed by atoms with Crippen LogP contribution in [0, 0.1) is 5.92 Å². The lowest BCUT2D eigenvalue weighted by Gasteiger charge is -2.30. The van der Waals surface area contributed by atoms with Crippen LogP contribution in [0.1, 0.15) is 29.6 Å². The van der Waals surface area contributed by atoms with E-state index in [1.807, 2.05) is 4.90 Å². The molecule has 0 spiro atoms. The maximum Gasteiger partial charge on any atom is 0.284 e. The van der Waals surface area contributed by atoms with Crippen molar-refractivity contribution in [3.8, 4) is 0 Å². The number of hydrogen-bond donors (Lipinski definition) is 1. The van der Waals surface area contributed by atoms with E-state index in [1.165, 1.54) is 17.8 Å². The maximum absolute atomic E-state index is 12.1. The Balaban J connectivity index is 2.06. The molecular weight excluding hydrogens is 224 g/mol. The van der Waals surface area contributed by atoms with Gasteiger partial charge in [-0.05, 0) is 18.8 Å². The lowest BCUT2D eigenvalue weighted by atomic mass is 10.0. The molecule has 2 heterocycles. The van der Waals surface area contributed by atoms with Crippen LogP contribution >= 0.6 is 11.3 Å². The number of carbonyl (C=O) groups is 1. The van der Waals surface area contributed by atoms with Crippen molar-refractivity contribution in [2.75, 3.05) is 25.5 Å². The zero-order valence-electron chi connectivity index (χ0n) is 9.56. The van der Waals surface area contributed by atoms with Gasteiger partial charge in [0.2, 0.25) is 10.1 Å². The molecule has 0 bridgehead atoms. The van der Waals surface area contributed by atoms with Crippen LogP contribution in [-0.2, 0) is 0 Å². The first-order valence-electron chi connectivity index (χ1n) is 5.51. The topological polar surface area (TPSA) is 58.1 Å². The first-order chi connectivity index (χ1) is 7.70. The number of rotatable bonds is 2. The van der Waals surface area contributed by atoms with Crippen molar-refractivity contribution in [3.05, 3.63) is 5.01 Å². The largest absolute Gasteiger partial charge is 0.363 e. The zero-order chi connectivity index (χ0) is 11.5. The highest BCUT2D eigenvalue weighted by molar-refractivity contribution is 7.17. The van der Waals surface area contributed by atoms with Gasteiger partial charge in [-0.2, -0.15) is 0 Å². The molecule has 1 aliphatic heterocycles. The normalized spacial score (nSPS) is 20.9. The van der Waals surface area contributed by atoms with E-state index in [1.54, 1.807) is 7.05 Å². The minimum Gasteiger partial charge on any atom is -0.363 e. The number of anilines is 1. The van der Waals surface area contributed by atoms with Gasteiger partial charge in [-0.15, -0.1) is 10.2 Å². The average molecular weight is 240 g/mol. The second-order valence-corrected chi connectivity index (χ2v) is 5.14. The summed E-state index contributed by atoms with van der Waals surface area (Å²) in [5.74, 6) is 0.611. The molecular formula is C10H16N4OS. The van der Waals surface area contributed by atoms with Crippen molar-refractivity contribution < 1.29 is 4.79 Å². The summed E-state index contributed by atoms with van der Waals surface area (Å²) in [6.45, 7) is 3.86. The van der Waals surface area contributed by atoms with Gasteiger partial charge in [-0.3, -0.25) is 4.79 Å². The molecule has 88 valence electrons. The second kappa shape index (κ2) is 4.78. The van der Waals surface area contributed by atoms with Gasteiger partial charge in [0.05, 0.1) is 0 Å². The molecule has 1 fully saturated rings. The molecule has 0 saturated carbocycles. The third-order valence-corrected chi connectivity index (χ3v) is 3.69. The quantitative estimate of drug-likeness (QED) is 0.850. The van der Waals surface area contributed by atoms with Gasteiger partial charge in [0, 0.05) is 20.1 Å². The van der Waals surface area contributed by atoms with E-state index < -0.39 is 0 Å². The van der Waals surface area contributed by atoms with Crippen molar-refractivity contribution in [1.82, 2.24) is 15.1 Å². The highest BCUT2D eigenvalue weighted by atomic mass is 32.1. The lowest BCUT2D eigenvalue weighted by molar-refractivity contribution is 0.0682. The fourth-order valence-electron chi connectivity index (χ4n) is 1.92. The number of nitrogens with zero attached hydrogens (tertiary/aromatic N) is 3. The standard InChI is InChI=1S/C10H16N4OS/c1-7-4-3-5-14(6-7)9(15)8-12-13-10(11-2)16-8/h7H,3-6H2,1-2H3,(H,11,13). The molecule has 1 aliphatic rings. The summed E-state index contributed by atoms with van der Waals surface area (Å²) in [5, 5.41) is 11.8. The number of carbonyl (C=O) groups excluding carboxylic acids is 1. The van der Waals surface area contributed by atoms with Gasteiger partial charge in [-0.1, -0.05) is 18.3 Å². The van der Waals surface area contributed by atoms with Crippen LogP contribution in [0.4, 0.5) is 5.13 Å². The van der Waals surface area contributed by atoms with Gasteiger partial charge in [-0.25, -0.2) is 0 Å².